The minimum atomic E-state index is -1.25. The first-order valence-electron chi connectivity index (χ1n) is 15.4. The van der Waals surface area contributed by atoms with Crippen molar-refractivity contribution in [2.75, 3.05) is 13.2 Å². The van der Waals surface area contributed by atoms with Crippen LogP contribution in [0.25, 0.3) is 0 Å². The van der Waals surface area contributed by atoms with Gasteiger partial charge in [0, 0.05) is 5.92 Å². The van der Waals surface area contributed by atoms with Crippen molar-refractivity contribution in [2.24, 2.45) is 5.92 Å². The van der Waals surface area contributed by atoms with E-state index in [0.29, 0.717) is 26.4 Å². The van der Waals surface area contributed by atoms with E-state index in [4.69, 9.17) is 23.7 Å². The Balaban J connectivity index is 1.37. The van der Waals surface area contributed by atoms with Gasteiger partial charge in [-0.1, -0.05) is 127 Å². The molecule has 1 unspecified atom stereocenters. The van der Waals surface area contributed by atoms with Gasteiger partial charge in [0.15, 0.2) is 6.29 Å². The second-order valence-electron chi connectivity index (χ2n) is 11.8. The lowest BCUT2D eigenvalue weighted by molar-refractivity contribution is -0.339. The van der Waals surface area contributed by atoms with E-state index in [1.54, 1.807) is 0 Å². The van der Waals surface area contributed by atoms with Crippen LogP contribution in [-0.4, -0.2) is 42.4 Å². The molecule has 0 amide bonds. The molecule has 0 aliphatic carbocycles. The SMILES string of the molecule is Cc1ccc(COCC2(COCc3ccc(C)cc3)OC(O)[C@H](OCc3ccccc3)[C@@H](OCc3ccccc3)[C@@H]2C)cc1. The molecule has 4 aromatic rings. The second-order valence-corrected chi connectivity index (χ2v) is 11.8. The molecule has 44 heavy (non-hydrogen) atoms. The summed E-state index contributed by atoms with van der Waals surface area (Å²) >= 11 is 0. The van der Waals surface area contributed by atoms with Gasteiger partial charge in [-0.05, 0) is 36.1 Å². The van der Waals surface area contributed by atoms with Gasteiger partial charge in [0.1, 0.15) is 11.7 Å². The smallest absolute Gasteiger partial charge is 0.184 e. The lowest BCUT2D eigenvalue weighted by Gasteiger charge is -2.50. The number of ether oxygens (including phenoxy) is 5. The predicted molar refractivity (Wildman–Crippen MR) is 171 cm³/mol. The number of hydrogen-bond acceptors (Lipinski definition) is 6. The lowest BCUT2D eigenvalue weighted by Crippen LogP contribution is -2.65. The maximum atomic E-state index is 11.5. The van der Waals surface area contributed by atoms with Crippen molar-refractivity contribution in [3.8, 4) is 0 Å². The molecule has 6 heteroatoms. The third-order valence-electron chi connectivity index (χ3n) is 8.32. The van der Waals surface area contributed by atoms with E-state index in [-0.39, 0.29) is 19.1 Å². The zero-order valence-corrected chi connectivity index (χ0v) is 25.9. The molecule has 1 aliphatic heterocycles. The molecule has 0 bridgehead atoms. The molecule has 5 rings (SSSR count). The molecule has 1 saturated heterocycles. The van der Waals surface area contributed by atoms with Gasteiger partial charge in [0.05, 0.1) is 45.7 Å². The molecule has 4 atom stereocenters. The highest BCUT2D eigenvalue weighted by atomic mass is 16.7. The molecule has 4 aromatic carbocycles. The first-order chi connectivity index (χ1) is 21.4. The predicted octanol–water partition coefficient (Wildman–Crippen LogP) is 6.93. The Morgan fingerprint density at radius 2 is 0.977 bits per heavy atom. The Bertz CT molecular complexity index is 1340. The fourth-order valence-electron chi connectivity index (χ4n) is 5.54. The van der Waals surface area contributed by atoms with Crippen molar-refractivity contribution in [1.82, 2.24) is 0 Å². The number of aliphatic hydroxyl groups is 1. The number of rotatable bonds is 14. The van der Waals surface area contributed by atoms with Crippen LogP contribution in [0.5, 0.6) is 0 Å². The van der Waals surface area contributed by atoms with Crippen molar-refractivity contribution in [1.29, 1.82) is 0 Å². The third kappa shape index (κ3) is 8.63. The van der Waals surface area contributed by atoms with Crippen LogP contribution in [0.2, 0.25) is 0 Å². The maximum absolute atomic E-state index is 11.5. The molecule has 0 spiro atoms. The first kappa shape index (κ1) is 32.0. The van der Waals surface area contributed by atoms with Gasteiger partial charge >= 0.3 is 0 Å². The minimum Gasteiger partial charge on any atom is -0.374 e. The average molecular weight is 597 g/mol. The van der Waals surface area contributed by atoms with Gasteiger partial charge in [-0.3, -0.25) is 0 Å². The number of aliphatic hydroxyl groups excluding tert-OH is 1. The summed E-state index contributed by atoms with van der Waals surface area (Å²) in [5.41, 5.74) is 5.59. The van der Waals surface area contributed by atoms with E-state index in [0.717, 1.165) is 22.3 Å². The van der Waals surface area contributed by atoms with E-state index in [9.17, 15) is 5.11 Å². The zero-order valence-electron chi connectivity index (χ0n) is 25.9. The summed E-state index contributed by atoms with van der Waals surface area (Å²) in [6.45, 7) is 8.15. The van der Waals surface area contributed by atoms with Gasteiger partial charge in [-0.25, -0.2) is 0 Å². The van der Waals surface area contributed by atoms with Crippen LogP contribution in [0.4, 0.5) is 0 Å². The van der Waals surface area contributed by atoms with Crippen LogP contribution in [-0.2, 0) is 50.1 Å². The van der Waals surface area contributed by atoms with Crippen LogP contribution in [0, 0.1) is 19.8 Å². The third-order valence-corrected chi connectivity index (χ3v) is 8.32. The maximum Gasteiger partial charge on any atom is 0.184 e. The monoisotopic (exact) mass is 596 g/mol. The molecule has 6 nitrogen and oxygen atoms in total. The summed E-state index contributed by atoms with van der Waals surface area (Å²) in [5, 5.41) is 11.5. The Hall–Kier alpha value is -3.36. The summed E-state index contributed by atoms with van der Waals surface area (Å²) in [5.74, 6) is -0.244. The standard InChI is InChI=1S/C38H44O6/c1-28-14-18-33(19-15-28)22-40-26-38(27-41-23-34-20-16-29(2)17-21-34)30(3)35(42-24-31-10-6-4-7-11-31)36(37(39)44-38)43-25-32-12-8-5-9-13-32/h4-21,30,35-37,39H,22-27H2,1-3H3/t30-,35-,36+,37?/m0/s1. The highest BCUT2D eigenvalue weighted by Gasteiger charge is 2.54. The molecule has 0 saturated carbocycles. The van der Waals surface area contributed by atoms with Crippen LogP contribution in [0.3, 0.4) is 0 Å². The van der Waals surface area contributed by atoms with E-state index in [1.807, 2.05) is 60.7 Å². The van der Waals surface area contributed by atoms with Gasteiger partial charge in [-0.2, -0.15) is 0 Å². The van der Waals surface area contributed by atoms with Gasteiger partial charge in [-0.15, -0.1) is 0 Å². The van der Waals surface area contributed by atoms with E-state index < -0.39 is 24.1 Å². The Morgan fingerprint density at radius 1 is 0.568 bits per heavy atom. The van der Waals surface area contributed by atoms with Gasteiger partial charge in [0.2, 0.25) is 0 Å². The first-order valence-corrected chi connectivity index (χ1v) is 15.4. The Labute approximate surface area is 261 Å². The fraction of sp³-hybridized carbons (Fsp3) is 0.368. The summed E-state index contributed by atoms with van der Waals surface area (Å²) in [7, 11) is 0. The molecule has 0 radical (unpaired) electrons. The normalized spacial score (nSPS) is 21.3. The molecule has 1 N–H and O–H groups in total. The number of benzene rings is 4. The van der Waals surface area contributed by atoms with Gasteiger partial charge < -0.3 is 28.8 Å². The summed E-state index contributed by atoms with van der Waals surface area (Å²) in [4.78, 5) is 0. The van der Waals surface area contributed by atoms with Crippen molar-refractivity contribution in [2.45, 2.75) is 71.3 Å². The Kier molecular flexibility index (Phi) is 11.3. The Morgan fingerprint density at radius 3 is 1.43 bits per heavy atom. The molecular weight excluding hydrogens is 552 g/mol. The minimum absolute atomic E-state index is 0.212. The molecule has 232 valence electrons. The van der Waals surface area contributed by atoms with Crippen LogP contribution < -0.4 is 0 Å². The topological polar surface area (TPSA) is 66.4 Å². The summed E-state index contributed by atoms with van der Waals surface area (Å²) in [6, 6.07) is 36.5. The van der Waals surface area contributed by atoms with Crippen LogP contribution in [0.1, 0.15) is 40.3 Å². The molecule has 1 fully saturated rings. The zero-order chi connectivity index (χ0) is 30.8. The molecule has 1 heterocycles. The fourth-order valence-corrected chi connectivity index (χ4v) is 5.54. The van der Waals surface area contributed by atoms with Crippen molar-refractivity contribution in [3.63, 3.8) is 0 Å². The highest BCUT2D eigenvalue weighted by Crippen LogP contribution is 2.39. The van der Waals surface area contributed by atoms with Crippen LogP contribution >= 0.6 is 0 Å². The van der Waals surface area contributed by atoms with E-state index in [1.165, 1.54) is 11.1 Å². The second kappa shape index (κ2) is 15.6. The number of hydrogen-bond donors (Lipinski definition) is 1. The van der Waals surface area contributed by atoms with Crippen molar-refractivity contribution in [3.05, 3.63) is 143 Å². The molecule has 0 aromatic heterocycles. The highest BCUT2D eigenvalue weighted by molar-refractivity contribution is 5.22. The van der Waals surface area contributed by atoms with E-state index >= 15 is 0 Å². The van der Waals surface area contributed by atoms with Gasteiger partial charge in [0.25, 0.3) is 0 Å². The van der Waals surface area contributed by atoms with Crippen molar-refractivity contribution < 1.29 is 28.8 Å². The summed E-state index contributed by atoms with van der Waals surface area (Å²) < 4.78 is 32.0. The van der Waals surface area contributed by atoms with E-state index in [2.05, 4.69) is 69.3 Å². The molecular formula is C38H44O6. The number of aryl methyl sites for hydroxylation is 2. The van der Waals surface area contributed by atoms with Crippen LogP contribution in [0.15, 0.2) is 109 Å². The van der Waals surface area contributed by atoms with Crippen molar-refractivity contribution >= 4 is 0 Å². The lowest BCUT2D eigenvalue weighted by atomic mass is 9.80. The quantitative estimate of drug-likeness (QED) is 0.170. The summed E-state index contributed by atoms with van der Waals surface area (Å²) in [6.07, 6.45) is -2.45. The largest absolute Gasteiger partial charge is 0.374 e. The molecule has 1 aliphatic rings. The average Bonchev–Trinajstić information content (AvgIpc) is 3.04.